The van der Waals surface area contributed by atoms with Crippen molar-refractivity contribution in [2.75, 3.05) is 19.6 Å². The first-order chi connectivity index (χ1) is 9.58. The zero-order valence-corrected chi connectivity index (χ0v) is 12.1. The molecule has 4 heteroatoms. The van der Waals surface area contributed by atoms with E-state index in [1.165, 1.54) is 5.56 Å². The van der Waals surface area contributed by atoms with Crippen molar-refractivity contribution < 1.29 is 4.79 Å². The van der Waals surface area contributed by atoms with E-state index >= 15 is 0 Å². The first-order valence-corrected chi connectivity index (χ1v) is 7.42. The third kappa shape index (κ3) is 2.45. The monoisotopic (exact) mass is 273 g/mol. The Hall–Kier alpha value is -1.39. The maximum Gasteiger partial charge on any atom is 0.240 e. The number of carbonyl (C=O) groups is 1. The molecule has 108 valence electrons. The molecule has 1 amide bonds. The van der Waals surface area contributed by atoms with Crippen molar-refractivity contribution in [1.29, 1.82) is 0 Å². The molecule has 4 nitrogen and oxygen atoms in total. The van der Waals surface area contributed by atoms with Crippen molar-refractivity contribution >= 4 is 5.91 Å². The predicted octanol–water partition coefficient (Wildman–Crippen LogP) is 1.21. The van der Waals surface area contributed by atoms with E-state index in [1.807, 2.05) is 11.0 Å². The Labute approximate surface area is 120 Å². The molecule has 1 aromatic carbocycles. The van der Waals surface area contributed by atoms with E-state index < -0.39 is 0 Å². The maximum atomic E-state index is 12.1. The maximum absolute atomic E-state index is 12.1. The predicted molar refractivity (Wildman–Crippen MR) is 79.0 cm³/mol. The summed E-state index contributed by atoms with van der Waals surface area (Å²) in [6, 6.07) is 10.2. The Balaban J connectivity index is 1.65. The first kappa shape index (κ1) is 13.6. The first-order valence-electron chi connectivity index (χ1n) is 7.42. The van der Waals surface area contributed by atoms with Gasteiger partial charge >= 0.3 is 0 Å². The summed E-state index contributed by atoms with van der Waals surface area (Å²) in [5.41, 5.74) is 7.14. The number of rotatable bonds is 3. The summed E-state index contributed by atoms with van der Waals surface area (Å²) in [5, 5.41) is 0. The van der Waals surface area contributed by atoms with Gasteiger partial charge in [-0.05, 0) is 25.3 Å². The molecule has 2 aliphatic heterocycles. The van der Waals surface area contributed by atoms with Gasteiger partial charge < -0.3 is 10.6 Å². The summed E-state index contributed by atoms with van der Waals surface area (Å²) in [7, 11) is 0. The van der Waals surface area contributed by atoms with Crippen LogP contribution in [0.2, 0.25) is 0 Å². The smallest absolute Gasteiger partial charge is 0.240 e. The number of carbonyl (C=O) groups excluding carboxylic acids is 1. The fourth-order valence-electron chi connectivity index (χ4n) is 3.47. The van der Waals surface area contributed by atoms with Crippen LogP contribution < -0.4 is 5.73 Å². The number of nitrogens with zero attached hydrogens (tertiary/aromatic N) is 2. The zero-order chi connectivity index (χ0) is 14.2. The molecule has 0 radical (unpaired) electrons. The van der Waals surface area contributed by atoms with Gasteiger partial charge in [0.2, 0.25) is 5.91 Å². The minimum Gasteiger partial charge on any atom is -0.335 e. The van der Waals surface area contributed by atoms with Crippen molar-refractivity contribution in [3.8, 4) is 0 Å². The van der Waals surface area contributed by atoms with Gasteiger partial charge in [-0.15, -0.1) is 0 Å². The molecule has 0 spiro atoms. The second kappa shape index (κ2) is 5.19. The highest BCUT2D eigenvalue weighted by Crippen LogP contribution is 2.31. The molecular weight excluding hydrogens is 250 g/mol. The Morgan fingerprint density at radius 2 is 2.05 bits per heavy atom. The SMILES string of the molecule is CC1(N2CCC(N)C2=O)CCN(Cc2ccccc2)C1. The van der Waals surface area contributed by atoms with Crippen LogP contribution in [0.5, 0.6) is 0 Å². The van der Waals surface area contributed by atoms with E-state index in [4.69, 9.17) is 5.73 Å². The summed E-state index contributed by atoms with van der Waals surface area (Å²) < 4.78 is 0. The van der Waals surface area contributed by atoms with E-state index in [-0.39, 0.29) is 17.5 Å². The molecule has 0 saturated carbocycles. The van der Waals surface area contributed by atoms with E-state index in [0.29, 0.717) is 0 Å². The summed E-state index contributed by atoms with van der Waals surface area (Å²) in [6.45, 7) is 5.97. The molecule has 3 rings (SSSR count). The van der Waals surface area contributed by atoms with E-state index in [1.54, 1.807) is 0 Å². The molecule has 2 fully saturated rings. The van der Waals surface area contributed by atoms with Gasteiger partial charge in [-0.2, -0.15) is 0 Å². The van der Waals surface area contributed by atoms with Gasteiger partial charge in [-0.25, -0.2) is 0 Å². The van der Waals surface area contributed by atoms with Gasteiger partial charge in [0.15, 0.2) is 0 Å². The van der Waals surface area contributed by atoms with E-state index in [0.717, 1.165) is 39.0 Å². The highest BCUT2D eigenvalue weighted by Gasteiger charge is 2.45. The van der Waals surface area contributed by atoms with E-state index in [9.17, 15) is 4.79 Å². The van der Waals surface area contributed by atoms with Crippen LogP contribution in [0, 0.1) is 0 Å². The largest absolute Gasteiger partial charge is 0.335 e. The molecule has 2 N–H and O–H groups in total. The molecule has 1 aromatic rings. The Morgan fingerprint density at radius 3 is 2.70 bits per heavy atom. The lowest BCUT2D eigenvalue weighted by Gasteiger charge is -2.35. The number of benzene rings is 1. The molecule has 2 heterocycles. The normalized spacial score (nSPS) is 31.2. The lowest BCUT2D eigenvalue weighted by molar-refractivity contribution is -0.133. The minimum absolute atomic E-state index is 0.0417. The average molecular weight is 273 g/mol. The second-order valence-electron chi connectivity index (χ2n) is 6.33. The molecule has 0 bridgehead atoms. The van der Waals surface area contributed by atoms with Gasteiger partial charge in [0, 0.05) is 26.2 Å². The van der Waals surface area contributed by atoms with Crippen LogP contribution in [0.4, 0.5) is 0 Å². The molecular formula is C16H23N3O. The topological polar surface area (TPSA) is 49.6 Å². The lowest BCUT2D eigenvalue weighted by Crippen LogP contribution is -2.51. The van der Waals surface area contributed by atoms with Crippen LogP contribution in [-0.2, 0) is 11.3 Å². The van der Waals surface area contributed by atoms with Crippen molar-refractivity contribution in [1.82, 2.24) is 9.80 Å². The minimum atomic E-state index is -0.282. The highest BCUT2D eigenvalue weighted by atomic mass is 16.2. The van der Waals surface area contributed by atoms with Gasteiger partial charge in [0.05, 0.1) is 11.6 Å². The van der Waals surface area contributed by atoms with Gasteiger partial charge in [-0.1, -0.05) is 30.3 Å². The van der Waals surface area contributed by atoms with Gasteiger partial charge in [0.25, 0.3) is 0 Å². The highest BCUT2D eigenvalue weighted by molar-refractivity contribution is 5.84. The molecule has 2 aliphatic rings. The molecule has 0 aromatic heterocycles. The molecule has 0 aliphatic carbocycles. The number of nitrogens with two attached hydrogens (primary N) is 1. The number of likely N-dealkylation sites (tertiary alicyclic amines) is 2. The van der Waals surface area contributed by atoms with Crippen LogP contribution in [0.15, 0.2) is 30.3 Å². The van der Waals surface area contributed by atoms with Gasteiger partial charge in [0.1, 0.15) is 0 Å². The van der Waals surface area contributed by atoms with Crippen molar-refractivity contribution in [2.24, 2.45) is 5.73 Å². The third-order valence-corrected chi connectivity index (χ3v) is 4.68. The summed E-state index contributed by atoms with van der Waals surface area (Å²) in [6.07, 6.45) is 1.84. The third-order valence-electron chi connectivity index (χ3n) is 4.68. The second-order valence-corrected chi connectivity index (χ2v) is 6.33. The number of hydrogen-bond acceptors (Lipinski definition) is 3. The van der Waals surface area contributed by atoms with Gasteiger partial charge in [-0.3, -0.25) is 9.69 Å². The molecule has 2 unspecified atom stereocenters. The standard InChI is InChI=1S/C16H23N3O/c1-16(19-9-7-14(17)15(19)20)8-10-18(12-16)11-13-5-3-2-4-6-13/h2-6,14H,7-12,17H2,1H3. The number of hydrogen-bond donors (Lipinski definition) is 1. The Bertz CT molecular complexity index is 490. The fourth-order valence-corrected chi connectivity index (χ4v) is 3.47. The number of amides is 1. The zero-order valence-electron chi connectivity index (χ0n) is 12.1. The van der Waals surface area contributed by atoms with Crippen LogP contribution in [0.25, 0.3) is 0 Å². The van der Waals surface area contributed by atoms with Crippen LogP contribution in [0.3, 0.4) is 0 Å². The van der Waals surface area contributed by atoms with Crippen LogP contribution >= 0.6 is 0 Å². The Morgan fingerprint density at radius 1 is 1.30 bits per heavy atom. The molecule has 2 saturated heterocycles. The molecule has 20 heavy (non-hydrogen) atoms. The van der Waals surface area contributed by atoms with Crippen molar-refractivity contribution in [3.63, 3.8) is 0 Å². The van der Waals surface area contributed by atoms with E-state index in [2.05, 4.69) is 36.1 Å². The summed E-state index contributed by atoms with van der Waals surface area (Å²) in [4.78, 5) is 16.6. The Kier molecular flexibility index (Phi) is 3.52. The fraction of sp³-hybridized carbons (Fsp3) is 0.562. The van der Waals surface area contributed by atoms with Crippen molar-refractivity contribution in [3.05, 3.63) is 35.9 Å². The lowest BCUT2D eigenvalue weighted by atomic mass is 9.99. The van der Waals surface area contributed by atoms with Crippen molar-refractivity contribution in [2.45, 2.75) is 37.9 Å². The van der Waals surface area contributed by atoms with Crippen LogP contribution in [0.1, 0.15) is 25.3 Å². The summed E-state index contributed by atoms with van der Waals surface area (Å²) in [5.74, 6) is 0.133. The average Bonchev–Trinajstić information content (AvgIpc) is 2.97. The quantitative estimate of drug-likeness (QED) is 0.900. The molecule has 2 atom stereocenters. The van der Waals surface area contributed by atoms with Crippen LogP contribution in [-0.4, -0.2) is 46.9 Å². The summed E-state index contributed by atoms with van der Waals surface area (Å²) >= 11 is 0.